The first-order chi connectivity index (χ1) is 16.8. The van der Waals surface area contributed by atoms with Crippen molar-refractivity contribution in [2.45, 2.75) is 39.2 Å². The molecule has 2 N–H and O–H groups in total. The molecule has 1 aliphatic rings. The van der Waals surface area contributed by atoms with Gasteiger partial charge in [-0.1, -0.05) is 26.7 Å². The third-order valence-electron chi connectivity index (χ3n) is 6.27. The fourth-order valence-electron chi connectivity index (χ4n) is 4.04. The van der Waals surface area contributed by atoms with Gasteiger partial charge in [-0.3, -0.25) is 9.59 Å². The van der Waals surface area contributed by atoms with Gasteiger partial charge in [-0.2, -0.15) is 0 Å². The number of halogens is 1. The Hall–Kier alpha value is -3.62. The first-order valence-electron chi connectivity index (χ1n) is 11.6. The molecule has 0 saturated heterocycles. The van der Waals surface area contributed by atoms with Crippen molar-refractivity contribution in [3.8, 4) is 11.5 Å². The predicted octanol–water partition coefficient (Wildman–Crippen LogP) is 3.95. The van der Waals surface area contributed by atoms with Crippen LogP contribution in [0.4, 0.5) is 10.1 Å². The van der Waals surface area contributed by atoms with Crippen molar-refractivity contribution in [3.05, 3.63) is 53.8 Å². The number of rotatable bonds is 9. The number of esters is 1. The smallest absolute Gasteiger partial charge is 0.338 e. The van der Waals surface area contributed by atoms with E-state index in [1.165, 1.54) is 49.6 Å². The second-order valence-corrected chi connectivity index (χ2v) is 8.73. The Morgan fingerprint density at radius 3 is 2.43 bits per heavy atom. The summed E-state index contributed by atoms with van der Waals surface area (Å²) in [6, 6.07) is 9.78. The van der Waals surface area contributed by atoms with Crippen molar-refractivity contribution in [2.24, 2.45) is 11.8 Å². The summed E-state index contributed by atoms with van der Waals surface area (Å²) >= 11 is 0. The van der Waals surface area contributed by atoms with E-state index in [1.807, 2.05) is 0 Å². The number of anilines is 1. The molecular formula is C26H31FN2O6. The molecule has 0 spiro atoms. The summed E-state index contributed by atoms with van der Waals surface area (Å²) in [5, 5.41) is 5.55. The van der Waals surface area contributed by atoms with Crippen LogP contribution in [0.25, 0.3) is 0 Å². The van der Waals surface area contributed by atoms with Crippen molar-refractivity contribution in [3.63, 3.8) is 0 Å². The van der Waals surface area contributed by atoms with Crippen LogP contribution < -0.4 is 20.1 Å². The molecule has 0 radical (unpaired) electrons. The Labute approximate surface area is 204 Å². The zero-order valence-corrected chi connectivity index (χ0v) is 20.1. The van der Waals surface area contributed by atoms with Gasteiger partial charge in [0.2, 0.25) is 0 Å². The summed E-state index contributed by atoms with van der Waals surface area (Å²) < 4.78 is 28.9. The second-order valence-electron chi connectivity index (χ2n) is 8.73. The number of hydrogen-bond acceptors (Lipinski definition) is 6. The van der Waals surface area contributed by atoms with E-state index in [-0.39, 0.29) is 42.2 Å². The minimum absolute atomic E-state index is 0.0849. The topological polar surface area (TPSA) is 103 Å². The van der Waals surface area contributed by atoms with Gasteiger partial charge in [-0.05, 0) is 60.7 Å². The van der Waals surface area contributed by atoms with Crippen LogP contribution >= 0.6 is 0 Å². The normalized spacial score (nSPS) is 19.4. The summed E-state index contributed by atoms with van der Waals surface area (Å²) in [6.45, 7) is 3.61. The molecule has 1 saturated carbocycles. The van der Waals surface area contributed by atoms with E-state index in [4.69, 9.17) is 14.2 Å². The second kappa shape index (κ2) is 12.2. The van der Waals surface area contributed by atoms with Crippen molar-refractivity contribution in [1.82, 2.24) is 5.32 Å². The molecule has 2 aromatic rings. The molecule has 1 aliphatic carbocycles. The van der Waals surface area contributed by atoms with Crippen molar-refractivity contribution in [1.29, 1.82) is 0 Å². The Morgan fingerprint density at radius 1 is 0.971 bits per heavy atom. The molecule has 2 aromatic carbocycles. The summed E-state index contributed by atoms with van der Waals surface area (Å²) in [4.78, 5) is 36.8. The maximum atomic E-state index is 13.0. The van der Waals surface area contributed by atoms with Gasteiger partial charge >= 0.3 is 5.97 Å². The summed E-state index contributed by atoms with van der Waals surface area (Å²) in [5.41, 5.74) is 0.610. The molecular weight excluding hydrogens is 455 g/mol. The van der Waals surface area contributed by atoms with Crippen LogP contribution in [-0.2, 0) is 14.3 Å². The lowest BCUT2D eigenvalue weighted by molar-refractivity contribution is -0.125. The van der Waals surface area contributed by atoms with E-state index in [2.05, 4.69) is 24.5 Å². The number of ether oxygens (including phenoxy) is 3. The molecule has 8 nitrogen and oxygen atoms in total. The maximum Gasteiger partial charge on any atom is 0.338 e. The number of hydrogen-bond donors (Lipinski definition) is 2. The monoisotopic (exact) mass is 486 g/mol. The fourth-order valence-corrected chi connectivity index (χ4v) is 4.04. The molecule has 0 heterocycles. The van der Waals surface area contributed by atoms with E-state index >= 15 is 0 Å². The zero-order chi connectivity index (χ0) is 25.4. The average Bonchev–Trinajstić information content (AvgIpc) is 2.85. The SMILES string of the molecule is COc1cc(C(=O)OCC(=O)N[C@H]2CCC[C@@H](C)[C@H]2C)ccc1OCC(=O)Nc1ccc(F)cc1. The molecule has 0 unspecified atom stereocenters. The summed E-state index contributed by atoms with van der Waals surface area (Å²) in [5.74, 6) is -0.476. The summed E-state index contributed by atoms with van der Waals surface area (Å²) in [7, 11) is 1.40. The molecule has 35 heavy (non-hydrogen) atoms. The average molecular weight is 487 g/mol. The van der Waals surface area contributed by atoms with E-state index in [0.29, 0.717) is 17.5 Å². The van der Waals surface area contributed by atoms with Gasteiger partial charge in [0.15, 0.2) is 24.7 Å². The molecule has 0 aliphatic heterocycles. The molecule has 0 aromatic heterocycles. The van der Waals surface area contributed by atoms with Crippen molar-refractivity contribution >= 4 is 23.5 Å². The number of nitrogens with one attached hydrogen (secondary N) is 2. The van der Waals surface area contributed by atoms with Crippen LogP contribution in [0.5, 0.6) is 11.5 Å². The zero-order valence-electron chi connectivity index (χ0n) is 20.1. The molecule has 1 fully saturated rings. The molecule has 2 amide bonds. The van der Waals surface area contributed by atoms with Gasteiger partial charge in [0.25, 0.3) is 11.8 Å². The lowest BCUT2D eigenvalue weighted by Gasteiger charge is -2.34. The van der Waals surface area contributed by atoms with Gasteiger partial charge in [0.05, 0.1) is 12.7 Å². The number of benzene rings is 2. The van der Waals surface area contributed by atoms with Gasteiger partial charge in [-0.15, -0.1) is 0 Å². The van der Waals surface area contributed by atoms with Gasteiger partial charge in [-0.25, -0.2) is 9.18 Å². The minimum atomic E-state index is -0.677. The highest BCUT2D eigenvalue weighted by atomic mass is 19.1. The van der Waals surface area contributed by atoms with Crippen molar-refractivity contribution in [2.75, 3.05) is 25.6 Å². The van der Waals surface area contributed by atoms with E-state index in [1.54, 1.807) is 0 Å². The van der Waals surface area contributed by atoms with Gasteiger partial charge < -0.3 is 24.8 Å². The molecule has 3 atom stereocenters. The minimum Gasteiger partial charge on any atom is -0.493 e. The van der Waals surface area contributed by atoms with Gasteiger partial charge in [0, 0.05) is 11.7 Å². The quantitative estimate of drug-likeness (QED) is 0.521. The Balaban J connectivity index is 1.50. The lowest BCUT2D eigenvalue weighted by atomic mass is 9.78. The third-order valence-corrected chi connectivity index (χ3v) is 6.27. The maximum absolute atomic E-state index is 13.0. The van der Waals surface area contributed by atoms with E-state index in [0.717, 1.165) is 19.3 Å². The fraction of sp³-hybridized carbons (Fsp3) is 0.423. The molecule has 9 heteroatoms. The standard InChI is InChI=1S/C26H31FN2O6/c1-16-5-4-6-21(17(16)2)29-25(31)15-35-26(32)18-7-12-22(23(13-18)33-3)34-14-24(30)28-20-10-8-19(27)9-11-20/h7-13,16-17,21H,4-6,14-15H2,1-3H3,(H,28,30)(H,29,31)/t16-,17-,21+/m1/s1. The number of amides is 2. The highest BCUT2D eigenvalue weighted by Crippen LogP contribution is 2.30. The summed E-state index contributed by atoms with van der Waals surface area (Å²) in [6.07, 6.45) is 3.15. The van der Waals surface area contributed by atoms with Crippen LogP contribution in [-0.4, -0.2) is 44.1 Å². The highest BCUT2D eigenvalue weighted by Gasteiger charge is 2.28. The van der Waals surface area contributed by atoms with Crippen LogP contribution in [0.3, 0.4) is 0 Å². The largest absolute Gasteiger partial charge is 0.493 e. The number of carbonyl (C=O) groups excluding carboxylic acids is 3. The van der Waals surface area contributed by atoms with E-state index in [9.17, 15) is 18.8 Å². The van der Waals surface area contributed by atoms with Crippen LogP contribution in [0.2, 0.25) is 0 Å². The number of methoxy groups -OCH3 is 1. The van der Waals surface area contributed by atoms with Crippen LogP contribution in [0, 0.1) is 17.7 Å². The Morgan fingerprint density at radius 2 is 1.71 bits per heavy atom. The van der Waals surface area contributed by atoms with Gasteiger partial charge in [0.1, 0.15) is 5.82 Å². The molecule has 188 valence electrons. The first-order valence-corrected chi connectivity index (χ1v) is 11.6. The van der Waals surface area contributed by atoms with Crippen LogP contribution in [0.1, 0.15) is 43.5 Å². The Kier molecular flexibility index (Phi) is 9.05. The lowest BCUT2D eigenvalue weighted by Crippen LogP contribution is -2.45. The third kappa shape index (κ3) is 7.43. The first kappa shape index (κ1) is 26.0. The Bertz CT molecular complexity index is 1040. The predicted molar refractivity (Wildman–Crippen MR) is 128 cm³/mol. The molecule has 0 bridgehead atoms. The van der Waals surface area contributed by atoms with Crippen LogP contribution in [0.15, 0.2) is 42.5 Å². The van der Waals surface area contributed by atoms with Crippen molar-refractivity contribution < 1.29 is 33.0 Å². The molecule has 3 rings (SSSR count). The van der Waals surface area contributed by atoms with E-state index < -0.39 is 17.7 Å². The number of carbonyl (C=O) groups is 3. The highest BCUT2D eigenvalue weighted by molar-refractivity contribution is 5.93.